The molecule has 0 aliphatic carbocycles. The predicted molar refractivity (Wildman–Crippen MR) is 99.7 cm³/mol. The van der Waals surface area contributed by atoms with E-state index in [2.05, 4.69) is 10.1 Å². The standard InChI is InChI=1S/C18H15N3O5S/c1-23-12-7-10(8-13(24-2)15(12)25-3)9-14-17(22)21-18(27-14)19-16(20-21)11-5-4-6-26-11/h4-9H,1-3H3. The Hall–Kier alpha value is -3.33. The van der Waals surface area contributed by atoms with Gasteiger partial charge in [0.1, 0.15) is 0 Å². The molecule has 1 aromatic carbocycles. The van der Waals surface area contributed by atoms with Gasteiger partial charge in [-0.25, -0.2) is 0 Å². The second kappa shape index (κ2) is 6.76. The molecule has 3 heterocycles. The van der Waals surface area contributed by atoms with Crippen molar-refractivity contribution in [3.05, 3.63) is 51.0 Å². The Balaban J connectivity index is 1.83. The fourth-order valence-electron chi connectivity index (χ4n) is 2.68. The molecule has 4 aromatic rings. The number of thiazole rings is 1. The van der Waals surface area contributed by atoms with Crippen LogP contribution in [0.3, 0.4) is 0 Å². The van der Waals surface area contributed by atoms with Crippen LogP contribution >= 0.6 is 11.3 Å². The second-order valence-corrected chi connectivity index (χ2v) is 6.49. The highest BCUT2D eigenvalue weighted by molar-refractivity contribution is 7.15. The van der Waals surface area contributed by atoms with Gasteiger partial charge in [0.25, 0.3) is 5.56 Å². The van der Waals surface area contributed by atoms with Crippen LogP contribution in [0, 0.1) is 0 Å². The number of fused-ring (bicyclic) bond motifs is 1. The molecule has 4 rings (SSSR count). The highest BCUT2D eigenvalue weighted by Gasteiger charge is 2.15. The smallest absolute Gasteiger partial charge is 0.291 e. The minimum atomic E-state index is -0.256. The summed E-state index contributed by atoms with van der Waals surface area (Å²) in [5.74, 6) is 2.40. The van der Waals surface area contributed by atoms with E-state index < -0.39 is 0 Å². The van der Waals surface area contributed by atoms with Gasteiger partial charge in [-0.3, -0.25) is 4.79 Å². The van der Waals surface area contributed by atoms with E-state index in [4.69, 9.17) is 18.6 Å². The van der Waals surface area contributed by atoms with Crippen molar-refractivity contribution in [2.45, 2.75) is 0 Å². The lowest BCUT2D eigenvalue weighted by Crippen LogP contribution is -2.23. The third kappa shape index (κ3) is 2.91. The van der Waals surface area contributed by atoms with E-state index in [0.717, 1.165) is 5.56 Å². The van der Waals surface area contributed by atoms with Crippen molar-refractivity contribution in [3.8, 4) is 28.8 Å². The van der Waals surface area contributed by atoms with Crippen LogP contribution < -0.4 is 24.3 Å². The van der Waals surface area contributed by atoms with Crippen molar-refractivity contribution in [3.63, 3.8) is 0 Å². The van der Waals surface area contributed by atoms with E-state index in [9.17, 15) is 4.79 Å². The quantitative estimate of drug-likeness (QED) is 0.519. The normalized spacial score (nSPS) is 11.9. The Labute approximate surface area is 157 Å². The second-order valence-electron chi connectivity index (χ2n) is 5.48. The van der Waals surface area contributed by atoms with Crippen molar-refractivity contribution >= 4 is 22.4 Å². The summed E-state index contributed by atoms with van der Waals surface area (Å²) in [7, 11) is 4.62. The number of nitrogens with zero attached hydrogens (tertiary/aromatic N) is 3. The van der Waals surface area contributed by atoms with Crippen LogP contribution in [0.2, 0.25) is 0 Å². The topological polar surface area (TPSA) is 88.1 Å². The minimum Gasteiger partial charge on any atom is -0.493 e. The number of rotatable bonds is 5. The van der Waals surface area contributed by atoms with Gasteiger partial charge in [-0.1, -0.05) is 11.3 Å². The average Bonchev–Trinajstić information content (AvgIpc) is 3.40. The van der Waals surface area contributed by atoms with Crippen LogP contribution in [0.25, 0.3) is 22.6 Å². The van der Waals surface area contributed by atoms with Crippen molar-refractivity contribution in [1.82, 2.24) is 14.6 Å². The minimum absolute atomic E-state index is 0.256. The lowest BCUT2D eigenvalue weighted by atomic mass is 10.1. The number of hydrogen-bond donors (Lipinski definition) is 0. The molecule has 0 saturated heterocycles. The van der Waals surface area contributed by atoms with Crippen LogP contribution in [0.4, 0.5) is 0 Å². The zero-order chi connectivity index (χ0) is 19.0. The molecule has 0 aliphatic heterocycles. The molecule has 0 atom stereocenters. The third-order valence-electron chi connectivity index (χ3n) is 3.91. The molecule has 8 nitrogen and oxygen atoms in total. The summed E-state index contributed by atoms with van der Waals surface area (Å²) in [6, 6.07) is 7.02. The summed E-state index contributed by atoms with van der Waals surface area (Å²) in [5.41, 5.74) is 0.478. The van der Waals surface area contributed by atoms with E-state index in [1.165, 1.54) is 29.2 Å². The Bertz CT molecular complexity index is 1190. The maximum absolute atomic E-state index is 12.7. The summed E-state index contributed by atoms with van der Waals surface area (Å²) >= 11 is 1.24. The summed E-state index contributed by atoms with van der Waals surface area (Å²) in [6.45, 7) is 0. The fraction of sp³-hybridized carbons (Fsp3) is 0.167. The predicted octanol–water partition coefficient (Wildman–Crippen LogP) is 1.98. The van der Waals surface area contributed by atoms with E-state index >= 15 is 0 Å². The number of aromatic nitrogens is 3. The third-order valence-corrected chi connectivity index (χ3v) is 4.87. The molecule has 138 valence electrons. The van der Waals surface area contributed by atoms with Crippen molar-refractivity contribution < 1.29 is 18.6 Å². The molecular weight excluding hydrogens is 370 g/mol. The van der Waals surface area contributed by atoms with E-state index in [0.29, 0.717) is 38.3 Å². The zero-order valence-electron chi connectivity index (χ0n) is 14.8. The van der Waals surface area contributed by atoms with Gasteiger partial charge >= 0.3 is 0 Å². The Morgan fingerprint density at radius 3 is 2.44 bits per heavy atom. The average molecular weight is 385 g/mol. The zero-order valence-corrected chi connectivity index (χ0v) is 15.6. The number of ether oxygens (including phenoxy) is 3. The molecule has 0 fully saturated rings. The summed E-state index contributed by atoms with van der Waals surface area (Å²) < 4.78 is 23.0. The maximum Gasteiger partial charge on any atom is 0.291 e. The fourth-order valence-corrected chi connectivity index (χ4v) is 3.59. The first kappa shape index (κ1) is 17.1. The molecular formula is C18H15N3O5S. The van der Waals surface area contributed by atoms with Gasteiger partial charge in [-0.05, 0) is 35.9 Å². The van der Waals surface area contributed by atoms with Gasteiger partial charge in [0.2, 0.25) is 16.5 Å². The molecule has 0 unspecified atom stereocenters. The molecule has 0 N–H and O–H groups in total. The molecule has 0 bridgehead atoms. The van der Waals surface area contributed by atoms with E-state index in [1.807, 2.05) is 0 Å². The van der Waals surface area contributed by atoms with Gasteiger partial charge in [0.05, 0.1) is 32.1 Å². The molecule has 0 aliphatic rings. The largest absolute Gasteiger partial charge is 0.493 e. The number of methoxy groups -OCH3 is 3. The van der Waals surface area contributed by atoms with Crippen molar-refractivity contribution in [2.24, 2.45) is 0 Å². The van der Waals surface area contributed by atoms with Gasteiger partial charge in [0.15, 0.2) is 17.3 Å². The Morgan fingerprint density at radius 2 is 1.89 bits per heavy atom. The highest BCUT2D eigenvalue weighted by Crippen LogP contribution is 2.38. The van der Waals surface area contributed by atoms with Gasteiger partial charge in [-0.15, -0.1) is 5.10 Å². The summed E-state index contributed by atoms with van der Waals surface area (Å²) in [4.78, 5) is 17.5. The first-order valence-electron chi connectivity index (χ1n) is 7.89. The Morgan fingerprint density at radius 1 is 1.15 bits per heavy atom. The van der Waals surface area contributed by atoms with E-state index in [1.54, 1.807) is 44.6 Å². The Kier molecular flexibility index (Phi) is 4.28. The van der Waals surface area contributed by atoms with E-state index in [-0.39, 0.29) is 5.56 Å². The lowest BCUT2D eigenvalue weighted by Gasteiger charge is -2.12. The van der Waals surface area contributed by atoms with Crippen LogP contribution in [0.15, 0.2) is 39.7 Å². The van der Waals surface area contributed by atoms with Gasteiger partial charge in [0, 0.05) is 0 Å². The van der Waals surface area contributed by atoms with Crippen LogP contribution in [0.1, 0.15) is 5.56 Å². The molecule has 0 spiro atoms. The highest BCUT2D eigenvalue weighted by atomic mass is 32.1. The van der Waals surface area contributed by atoms with Crippen molar-refractivity contribution in [2.75, 3.05) is 21.3 Å². The first-order chi connectivity index (χ1) is 13.1. The number of benzene rings is 1. The maximum atomic E-state index is 12.7. The SMILES string of the molecule is COc1cc(C=c2sc3nc(-c4ccco4)nn3c2=O)cc(OC)c1OC. The first-order valence-corrected chi connectivity index (χ1v) is 8.71. The monoisotopic (exact) mass is 385 g/mol. The molecule has 27 heavy (non-hydrogen) atoms. The lowest BCUT2D eigenvalue weighted by molar-refractivity contribution is 0.324. The molecule has 0 radical (unpaired) electrons. The van der Waals surface area contributed by atoms with Gasteiger partial charge < -0.3 is 18.6 Å². The molecule has 9 heteroatoms. The van der Waals surface area contributed by atoms with Crippen LogP contribution in [-0.2, 0) is 0 Å². The number of furan rings is 1. The summed E-state index contributed by atoms with van der Waals surface area (Å²) in [5, 5.41) is 4.23. The van der Waals surface area contributed by atoms with Crippen molar-refractivity contribution in [1.29, 1.82) is 0 Å². The molecule has 0 amide bonds. The number of hydrogen-bond acceptors (Lipinski definition) is 8. The molecule has 0 saturated carbocycles. The van der Waals surface area contributed by atoms with Gasteiger partial charge in [-0.2, -0.15) is 9.50 Å². The summed E-state index contributed by atoms with van der Waals surface area (Å²) in [6.07, 6.45) is 3.27. The van der Waals surface area contributed by atoms with Crippen LogP contribution in [0.5, 0.6) is 17.2 Å². The molecule has 3 aromatic heterocycles. The van der Waals surface area contributed by atoms with Crippen LogP contribution in [-0.4, -0.2) is 35.9 Å².